The van der Waals surface area contributed by atoms with Gasteiger partial charge in [0, 0.05) is 0 Å². The number of benzene rings is 1. The number of nitrogens with one attached hydrogen (secondary N) is 1. The lowest BCUT2D eigenvalue weighted by Crippen LogP contribution is -2.13. The van der Waals surface area contributed by atoms with Gasteiger partial charge >= 0.3 is 0 Å². The van der Waals surface area contributed by atoms with Gasteiger partial charge in [0.15, 0.2) is 0 Å². The van der Waals surface area contributed by atoms with Gasteiger partial charge in [-0.1, -0.05) is 12.1 Å². The Hall–Kier alpha value is -1.71. The third-order valence-corrected chi connectivity index (χ3v) is 7.12. The summed E-state index contributed by atoms with van der Waals surface area (Å²) in [6.45, 7) is 3.87. The van der Waals surface area contributed by atoms with Gasteiger partial charge < -0.3 is 0 Å². The molecule has 0 saturated heterocycles. The van der Waals surface area contributed by atoms with Crippen LogP contribution in [0.2, 0.25) is 0 Å². The summed E-state index contributed by atoms with van der Waals surface area (Å²) in [5, 5.41) is 4.38. The molecule has 5 nitrogen and oxygen atoms in total. The van der Waals surface area contributed by atoms with Crippen molar-refractivity contribution in [1.29, 1.82) is 0 Å². The molecule has 1 N–H and O–H groups in total. The van der Waals surface area contributed by atoms with Gasteiger partial charge in [-0.15, -0.1) is 11.3 Å². The summed E-state index contributed by atoms with van der Waals surface area (Å²) in [6, 6.07) is 9.47. The maximum absolute atomic E-state index is 13.3. The number of sulfonamides is 1. The second-order valence-electron chi connectivity index (χ2n) is 5.50. The van der Waals surface area contributed by atoms with Crippen molar-refractivity contribution in [3.63, 3.8) is 0 Å². The molecule has 0 spiro atoms. The Morgan fingerprint density at radius 1 is 1.28 bits per heavy atom. The second kappa shape index (κ2) is 6.89. The van der Waals surface area contributed by atoms with E-state index < -0.39 is 10.0 Å². The van der Waals surface area contributed by atoms with Crippen LogP contribution in [0.1, 0.15) is 17.0 Å². The van der Waals surface area contributed by atoms with E-state index in [2.05, 4.69) is 25.8 Å². The molecule has 3 rings (SSSR count). The van der Waals surface area contributed by atoms with E-state index in [-0.39, 0.29) is 10.0 Å². The van der Waals surface area contributed by atoms with Gasteiger partial charge in [0.2, 0.25) is 0 Å². The summed E-state index contributed by atoms with van der Waals surface area (Å²) in [5.74, 6) is -0.316. The van der Waals surface area contributed by atoms with Crippen LogP contribution in [-0.4, -0.2) is 18.2 Å². The fourth-order valence-corrected chi connectivity index (χ4v) is 5.62. The van der Waals surface area contributed by atoms with Crippen molar-refractivity contribution >= 4 is 43.0 Å². The van der Waals surface area contributed by atoms with E-state index in [4.69, 9.17) is 0 Å². The molecular formula is C16H15BrFN3O2S2. The van der Waals surface area contributed by atoms with Crippen LogP contribution in [0.25, 0.3) is 0 Å². The van der Waals surface area contributed by atoms with Crippen molar-refractivity contribution in [2.75, 3.05) is 4.72 Å². The number of thiophene rings is 1. The molecule has 0 aliphatic carbocycles. The third-order valence-electron chi connectivity index (χ3n) is 3.65. The van der Waals surface area contributed by atoms with Crippen LogP contribution in [0, 0.1) is 19.7 Å². The molecule has 3 aromatic rings. The maximum Gasteiger partial charge on any atom is 0.271 e. The number of hydrogen-bond acceptors (Lipinski definition) is 4. The summed E-state index contributed by atoms with van der Waals surface area (Å²) in [7, 11) is -3.68. The molecule has 25 heavy (non-hydrogen) atoms. The van der Waals surface area contributed by atoms with Gasteiger partial charge in [0.05, 0.1) is 27.4 Å². The number of aryl methyl sites for hydroxylation is 1. The molecule has 132 valence electrons. The number of rotatable bonds is 5. The normalized spacial score (nSPS) is 11.7. The molecule has 0 bridgehead atoms. The molecule has 0 unspecified atom stereocenters. The van der Waals surface area contributed by atoms with E-state index in [0.29, 0.717) is 23.6 Å². The molecule has 0 atom stereocenters. The molecule has 0 aliphatic rings. The Morgan fingerprint density at radius 3 is 2.68 bits per heavy atom. The van der Waals surface area contributed by atoms with E-state index in [9.17, 15) is 12.8 Å². The Balaban J connectivity index is 1.89. The summed E-state index contributed by atoms with van der Waals surface area (Å²) in [5.41, 5.74) is 2.43. The molecule has 0 amide bonds. The van der Waals surface area contributed by atoms with E-state index >= 15 is 0 Å². The number of halogens is 2. The van der Waals surface area contributed by atoms with Crippen LogP contribution in [0.4, 0.5) is 10.1 Å². The highest BCUT2D eigenvalue weighted by Gasteiger charge is 2.21. The quantitative estimate of drug-likeness (QED) is 0.638. The highest BCUT2D eigenvalue weighted by atomic mass is 79.9. The van der Waals surface area contributed by atoms with E-state index in [0.717, 1.165) is 20.7 Å². The average Bonchev–Trinajstić information content (AvgIpc) is 3.07. The first-order valence-electron chi connectivity index (χ1n) is 7.33. The first kappa shape index (κ1) is 18.1. The van der Waals surface area contributed by atoms with Crippen LogP contribution in [0.15, 0.2) is 44.4 Å². The minimum absolute atomic E-state index is 0.219. The summed E-state index contributed by atoms with van der Waals surface area (Å²) >= 11 is 4.40. The summed E-state index contributed by atoms with van der Waals surface area (Å²) in [4.78, 5) is 0. The van der Waals surface area contributed by atoms with Crippen LogP contribution in [-0.2, 0) is 16.6 Å². The maximum atomic E-state index is 13.3. The van der Waals surface area contributed by atoms with Crippen molar-refractivity contribution in [3.05, 3.63) is 63.0 Å². The van der Waals surface area contributed by atoms with Crippen LogP contribution < -0.4 is 4.72 Å². The fourth-order valence-electron chi connectivity index (χ4n) is 2.43. The van der Waals surface area contributed by atoms with Gasteiger partial charge in [-0.25, -0.2) is 12.8 Å². The lowest BCUT2D eigenvalue weighted by molar-refractivity contribution is 0.603. The molecular weight excluding hydrogens is 429 g/mol. The number of hydrogen-bond donors (Lipinski definition) is 1. The van der Waals surface area contributed by atoms with Gasteiger partial charge in [0.1, 0.15) is 10.0 Å². The SMILES string of the molecule is Cc1nn(Cc2cccc(F)c2)c(C)c1NS(=O)(=O)c1ccc(Br)s1. The first-order chi connectivity index (χ1) is 11.8. The molecule has 9 heteroatoms. The molecule has 2 heterocycles. The second-order valence-corrected chi connectivity index (χ2v) is 9.87. The number of nitrogens with zero attached hydrogens (tertiary/aromatic N) is 2. The van der Waals surface area contributed by atoms with Gasteiger partial charge in [-0.2, -0.15) is 5.10 Å². The highest BCUT2D eigenvalue weighted by Crippen LogP contribution is 2.29. The standard InChI is InChI=1S/C16H15BrFN3O2S2/c1-10-16(20-25(22,23)15-7-6-14(17)24-15)11(2)21(19-10)9-12-4-3-5-13(18)8-12/h3-8,20H,9H2,1-2H3. The minimum atomic E-state index is -3.68. The van der Waals surface area contributed by atoms with Crippen LogP contribution in [0.5, 0.6) is 0 Å². The van der Waals surface area contributed by atoms with E-state index in [1.165, 1.54) is 12.1 Å². The molecule has 0 radical (unpaired) electrons. The minimum Gasteiger partial charge on any atom is -0.275 e. The molecule has 0 fully saturated rings. The molecule has 0 saturated carbocycles. The zero-order valence-corrected chi connectivity index (χ0v) is 16.7. The smallest absolute Gasteiger partial charge is 0.271 e. The average molecular weight is 444 g/mol. The molecule has 2 aromatic heterocycles. The van der Waals surface area contributed by atoms with Gasteiger partial charge in [-0.3, -0.25) is 9.40 Å². The van der Waals surface area contributed by atoms with Gasteiger partial charge in [0.25, 0.3) is 10.0 Å². The summed E-state index contributed by atoms with van der Waals surface area (Å²) < 4.78 is 43.6. The first-order valence-corrected chi connectivity index (χ1v) is 10.4. The van der Waals surface area contributed by atoms with Crippen molar-refractivity contribution in [3.8, 4) is 0 Å². The monoisotopic (exact) mass is 443 g/mol. The lowest BCUT2D eigenvalue weighted by atomic mass is 10.2. The number of aromatic nitrogens is 2. The van der Waals surface area contributed by atoms with Crippen LogP contribution >= 0.6 is 27.3 Å². The summed E-state index contributed by atoms with van der Waals surface area (Å²) in [6.07, 6.45) is 0. The fraction of sp³-hybridized carbons (Fsp3) is 0.188. The zero-order valence-electron chi connectivity index (χ0n) is 13.5. The van der Waals surface area contributed by atoms with Crippen LogP contribution in [0.3, 0.4) is 0 Å². The van der Waals surface area contributed by atoms with E-state index in [1.807, 2.05) is 0 Å². The largest absolute Gasteiger partial charge is 0.275 e. The van der Waals surface area contributed by atoms with Crippen molar-refractivity contribution in [2.45, 2.75) is 24.6 Å². The molecule has 1 aromatic carbocycles. The Kier molecular flexibility index (Phi) is 4.99. The van der Waals surface area contributed by atoms with Gasteiger partial charge in [-0.05, 0) is 59.6 Å². The topological polar surface area (TPSA) is 64.0 Å². The zero-order chi connectivity index (χ0) is 18.2. The predicted molar refractivity (Wildman–Crippen MR) is 100 cm³/mol. The van der Waals surface area contributed by atoms with Crippen molar-refractivity contribution in [1.82, 2.24) is 9.78 Å². The predicted octanol–water partition coefficient (Wildman–Crippen LogP) is 4.31. The third kappa shape index (κ3) is 3.94. The molecule has 0 aliphatic heterocycles. The lowest BCUT2D eigenvalue weighted by Gasteiger charge is -2.08. The Labute approximate surface area is 157 Å². The Bertz CT molecular complexity index is 1030. The van der Waals surface area contributed by atoms with Crippen molar-refractivity contribution < 1.29 is 12.8 Å². The van der Waals surface area contributed by atoms with E-state index in [1.54, 1.807) is 42.8 Å². The highest BCUT2D eigenvalue weighted by molar-refractivity contribution is 9.11. The van der Waals surface area contributed by atoms with Crippen molar-refractivity contribution in [2.24, 2.45) is 0 Å². The number of anilines is 1. The Morgan fingerprint density at radius 2 is 2.04 bits per heavy atom.